The first-order valence-corrected chi connectivity index (χ1v) is 5.62. The Bertz CT molecular complexity index is 371. The third-order valence-electron chi connectivity index (χ3n) is 2.14. The minimum Gasteiger partial charge on any atom is -0.481 e. The maximum Gasteiger partial charge on any atom is 0.326 e. The molecule has 0 aromatic rings. The summed E-state index contributed by atoms with van der Waals surface area (Å²) < 4.78 is 0. The number of nitrogens with two attached hydrogens (primary N) is 2. The number of carbonyl (C=O) groups is 3. The van der Waals surface area contributed by atoms with Crippen molar-refractivity contribution in [2.75, 3.05) is 6.54 Å². The van der Waals surface area contributed by atoms with Crippen molar-refractivity contribution < 1.29 is 24.6 Å². The van der Waals surface area contributed by atoms with E-state index in [9.17, 15) is 14.4 Å². The van der Waals surface area contributed by atoms with Gasteiger partial charge in [-0.1, -0.05) is 0 Å². The van der Waals surface area contributed by atoms with Crippen molar-refractivity contribution in [3.8, 4) is 0 Å². The van der Waals surface area contributed by atoms with E-state index in [1.54, 1.807) is 0 Å². The third kappa shape index (κ3) is 11.8. The van der Waals surface area contributed by atoms with Crippen molar-refractivity contribution in [1.29, 1.82) is 0 Å². The molecule has 0 saturated heterocycles. The Morgan fingerprint density at radius 3 is 2.20 bits per heavy atom. The van der Waals surface area contributed by atoms with Gasteiger partial charge < -0.3 is 27.0 Å². The van der Waals surface area contributed by atoms with Gasteiger partial charge in [0.2, 0.25) is 5.91 Å². The van der Waals surface area contributed by atoms with E-state index in [1.165, 1.54) is 0 Å². The summed E-state index contributed by atoms with van der Waals surface area (Å²) in [6.45, 7) is 0.261. The van der Waals surface area contributed by atoms with Crippen LogP contribution in [-0.4, -0.2) is 76.2 Å². The summed E-state index contributed by atoms with van der Waals surface area (Å²) in [6, 6.07) is -1.07. The van der Waals surface area contributed by atoms with E-state index in [-0.39, 0.29) is 61.3 Å². The zero-order valence-electron chi connectivity index (χ0n) is 11.3. The molecule has 1 amide bonds. The Balaban J connectivity index is 0. The average molecular weight is 297 g/mol. The van der Waals surface area contributed by atoms with Gasteiger partial charge in [-0.3, -0.25) is 14.6 Å². The standard InChI is InChI=1S/C10H18N4O5.Na/c11-10(12)13-5-1-2-6(9(18)19)14-7(15)3-4-8(16)17;/h6H,1-5H2,(H,14,15)(H,16,17)(H,18,19)(H4,11,12,13);/t6-;/m0./s1. The normalized spacial score (nSPS) is 10.8. The predicted molar refractivity (Wildman–Crippen MR) is 72.1 cm³/mol. The Hall–Kier alpha value is -1.32. The van der Waals surface area contributed by atoms with Crippen LogP contribution in [0.1, 0.15) is 25.7 Å². The number of carbonyl (C=O) groups excluding carboxylic acids is 1. The van der Waals surface area contributed by atoms with Gasteiger partial charge in [0.15, 0.2) is 5.96 Å². The van der Waals surface area contributed by atoms with E-state index in [4.69, 9.17) is 21.7 Å². The van der Waals surface area contributed by atoms with Gasteiger partial charge in [0, 0.05) is 42.5 Å². The number of hydrogen-bond acceptors (Lipinski definition) is 4. The number of nitrogens with zero attached hydrogens (tertiary/aromatic N) is 1. The summed E-state index contributed by atoms with van der Waals surface area (Å²) in [5, 5.41) is 19.5. The molecule has 0 aromatic heterocycles. The second-order valence-electron chi connectivity index (χ2n) is 3.80. The maximum atomic E-state index is 11.3. The zero-order valence-corrected chi connectivity index (χ0v) is 13.3. The minimum absolute atomic E-state index is 0. The maximum absolute atomic E-state index is 11.3. The second-order valence-corrected chi connectivity index (χ2v) is 3.80. The number of nitrogens with one attached hydrogen (secondary N) is 1. The molecule has 0 aromatic carbocycles. The molecular formula is C10H18N4NaO5. The topological polar surface area (TPSA) is 168 Å². The van der Waals surface area contributed by atoms with Crippen molar-refractivity contribution in [3.63, 3.8) is 0 Å². The third-order valence-corrected chi connectivity index (χ3v) is 2.14. The number of aliphatic imine (C=N–C) groups is 1. The monoisotopic (exact) mass is 297 g/mol. The van der Waals surface area contributed by atoms with Gasteiger partial charge in [0.05, 0.1) is 6.42 Å². The largest absolute Gasteiger partial charge is 0.481 e. The first-order chi connectivity index (χ1) is 8.82. The fourth-order valence-electron chi connectivity index (χ4n) is 1.25. The number of amides is 1. The van der Waals surface area contributed by atoms with E-state index in [1.807, 2.05) is 0 Å². The van der Waals surface area contributed by atoms with Crippen LogP contribution in [0.25, 0.3) is 0 Å². The molecule has 0 unspecified atom stereocenters. The first kappa shape index (κ1) is 21.0. The number of guanidine groups is 1. The van der Waals surface area contributed by atoms with Crippen molar-refractivity contribution in [2.45, 2.75) is 31.7 Å². The molecule has 109 valence electrons. The Kier molecular flexibility index (Phi) is 12.1. The molecule has 7 N–H and O–H groups in total. The van der Waals surface area contributed by atoms with Gasteiger partial charge in [-0.15, -0.1) is 0 Å². The Morgan fingerprint density at radius 1 is 1.15 bits per heavy atom. The molecular weight excluding hydrogens is 279 g/mol. The van der Waals surface area contributed by atoms with Gasteiger partial charge in [-0.2, -0.15) is 0 Å². The van der Waals surface area contributed by atoms with Crippen LogP contribution in [0.3, 0.4) is 0 Å². The molecule has 0 aliphatic rings. The van der Waals surface area contributed by atoms with Crippen LogP contribution < -0.4 is 16.8 Å². The van der Waals surface area contributed by atoms with Crippen LogP contribution in [-0.2, 0) is 14.4 Å². The number of hydrogen-bond donors (Lipinski definition) is 5. The molecule has 0 aliphatic heterocycles. The van der Waals surface area contributed by atoms with Crippen molar-refractivity contribution in [2.24, 2.45) is 16.5 Å². The Labute approximate surface area is 138 Å². The molecule has 0 heterocycles. The molecule has 20 heavy (non-hydrogen) atoms. The quantitative estimate of drug-likeness (QED) is 0.143. The van der Waals surface area contributed by atoms with E-state index < -0.39 is 23.9 Å². The first-order valence-electron chi connectivity index (χ1n) is 5.62. The fourth-order valence-corrected chi connectivity index (χ4v) is 1.25. The number of aliphatic carboxylic acids is 2. The van der Waals surface area contributed by atoms with Crippen LogP contribution in [0, 0.1) is 0 Å². The molecule has 1 radical (unpaired) electrons. The molecule has 0 bridgehead atoms. The molecule has 1 atom stereocenters. The van der Waals surface area contributed by atoms with E-state index >= 15 is 0 Å². The van der Waals surface area contributed by atoms with Crippen LogP contribution >= 0.6 is 0 Å². The van der Waals surface area contributed by atoms with Crippen LogP contribution in [0.5, 0.6) is 0 Å². The summed E-state index contributed by atoms with van der Waals surface area (Å²) in [6.07, 6.45) is -0.0574. The van der Waals surface area contributed by atoms with Gasteiger partial charge in [-0.05, 0) is 12.8 Å². The summed E-state index contributed by atoms with van der Waals surface area (Å²) in [7, 11) is 0. The van der Waals surface area contributed by atoms with Gasteiger partial charge >= 0.3 is 11.9 Å². The van der Waals surface area contributed by atoms with Crippen molar-refractivity contribution in [3.05, 3.63) is 0 Å². The number of carboxylic acid groups (broad SMARTS) is 2. The SMILES string of the molecule is NC(N)=NCCC[C@H](NC(=O)CCC(=O)O)C(=O)O.[Na]. The summed E-state index contributed by atoms with van der Waals surface area (Å²) >= 11 is 0. The molecule has 0 saturated carbocycles. The number of carboxylic acids is 2. The van der Waals surface area contributed by atoms with E-state index in [2.05, 4.69) is 10.3 Å². The van der Waals surface area contributed by atoms with Crippen LogP contribution in [0.4, 0.5) is 0 Å². The van der Waals surface area contributed by atoms with E-state index in [0.717, 1.165) is 0 Å². The van der Waals surface area contributed by atoms with Crippen LogP contribution in [0.2, 0.25) is 0 Å². The molecule has 0 spiro atoms. The van der Waals surface area contributed by atoms with E-state index in [0.29, 0.717) is 6.42 Å². The summed E-state index contributed by atoms with van der Waals surface area (Å²) in [5.41, 5.74) is 10.2. The van der Waals surface area contributed by atoms with Crippen molar-refractivity contribution in [1.82, 2.24) is 5.32 Å². The van der Waals surface area contributed by atoms with Gasteiger partial charge in [0.1, 0.15) is 6.04 Å². The number of rotatable bonds is 9. The fraction of sp³-hybridized carbons (Fsp3) is 0.600. The molecule has 9 nitrogen and oxygen atoms in total. The predicted octanol–water partition coefficient (Wildman–Crippen LogP) is -1.91. The van der Waals surface area contributed by atoms with Gasteiger partial charge in [0.25, 0.3) is 0 Å². The average Bonchev–Trinajstić information content (AvgIpc) is 2.29. The molecule has 0 rings (SSSR count). The zero-order chi connectivity index (χ0) is 14.8. The molecule has 0 fully saturated rings. The Morgan fingerprint density at radius 2 is 1.75 bits per heavy atom. The molecule has 0 aliphatic carbocycles. The van der Waals surface area contributed by atoms with Gasteiger partial charge in [-0.25, -0.2) is 4.79 Å². The van der Waals surface area contributed by atoms with Crippen molar-refractivity contribution >= 4 is 53.4 Å². The van der Waals surface area contributed by atoms with Crippen LogP contribution in [0.15, 0.2) is 4.99 Å². The smallest absolute Gasteiger partial charge is 0.326 e. The second kappa shape index (κ2) is 11.5. The molecule has 10 heteroatoms. The summed E-state index contributed by atoms with van der Waals surface area (Å²) in [5.74, 6) is -3.00. The summed E-state index contributed by atoms with van der Waals surface area (Å²) in [4.78, 5) is 36.1. The minimum atomic E-state index is -1.19.